The van der Waals surface area contributed by atoms with Gasteiger partial charge >= 0.3 is 0 Å². The number of benzene rings is 1. The van der Waals surface area contributed by atoms with Gasteiger partial charge in [-0.1, -0.05) is 25.5 Å². The fourth-order valence-electron chi connectivity index (χ4n) is 2.40. The van der Waals surface area contributed by atoms with Crippen LogP contribution >= 0.6 is 0 Å². The SMILES string of the molecule is CCCc1ccc(OCc2ccc(C(=O)Nc3ccncc3)o2)cc1. The molecule has 0 aliphatic heterocycles. The van der Waals surface area contributed by atoms with Crippen LogP contribution in [0.25, 0.3) is 0 Å². The predicted molar refractivity (Wildman–Crippen MR) is 95.7 cm³/mol. The molecule has 0 unspecified atom stereocenters. The highest BCUT2D eigenvalue weighted by molar-refractivity contribution is 6.02. The molecule has 0 saturated heterocycles. The molecule has 0 atom stereocenters. The summed E-state index contributed by atoms with van der Waals surface area (Å²) in [7, 11) is 0. The van der Waals surface area contributed by atoms with E-state index in [0.717, 1.165) is 18.6 Å². The molecule has 1 aromatic carbocycles. The number of nitrogens with one attached hydrogen (secondary N) is 1. The average molecular weight is 336 g/mol. The molecule has 128 valence electrons. The summed E-state index contributed by atoms with van der Waals surface area (Å²) in [4.78, 5) is 16.0. The lowest BCUT2D eigenvalue weighted by Crippen LogP contribution is -2.10. The Bertz CT molecular complexity index is 810. The highest BCUT2D eigenvalue weighted by Crippen LogP contribution is 2.17. The van der Waals surface area contributed by atoms with Crippen molar-refractivity contribution in [3.05, 3.63) is 78.0 Å². The van der Waals surface area contributed by atoms with Crippen LogP contribution in [-0.2, 0) is 13.0 Å². The minimum Gasteiger partial charge on any atom is -0.486 e. The van der Waals surface area contributed by atoms with Crippen molar-refractivity contribution in [3.63, 3.8) is 0 Å². The average Bonchev–Trinajstić information content (AvgIpc) is 3.11. The van der Waals surface area contributed by atoms with Crippen molar-refractivity contribution in [2.24, 2.45) is 0 Å². The van der Waals surface area contributed by atoms with Crippen LogP contribution in [0.1, 0.15) is 35.2 Å². The van der Waals surface area contributed by atoms with E-state index in [0.29, 0.717) is 11.4 Å². The molecule has 5 heteroatoms. The summed E-state index contributed by atoms with van der Waals surface area (Å²) in [5.41, 5.74) is 1.96. The Morgan fingerprint density at radius 2 is 1.84 bits per heavy atom. The zero-order valence-corrected chi connectivity index (χ0v) is 14.1. The molecule has 0 spiro atoms. The maximum absolute atomic E-state index is 12.1. The van der Waals surface area contributed by atoms with E-state index in [1.807, 2.05) is 12.1 Å². The number of anilines is 1. The van der Waals surface area contributed by atoms with Gasteiger partial charge in [-0.25, -0.2) is 0 Å². The van der Waals surface area contributed by atoms with Gasteiger partial charge in [-0.05, 0) is 48.4 Å². The van der Waals surface area contributed by atoms with Crippen LogP contribution < -0.4 is 10.1 Å². The number of hydrogen-bond donors (Lipinski definition) is 1. The first kappa shape index (κ1) is 16.8. The van der Waals surface area contributed by atoms with Gasteiger partial charge in [-0.15, -0.1) is 0 Å². The molecule has 5 nitrogen and oxygen atoms in total. The third-order valence-electron chi connectivity index (χ3n) is 3.67. The molecule has 1 N–H and O–H groups in total. The number of aromatic nitrogens is 1. The lowest BCUT2D eigenvalue weighted by molar-refractivity contribution is 0.0992. The van der Waals surface area contributed by atoms with Crippen LogP contribution in [0.2, 0.25) is 0 Å². The molecule has 2 heterocycles. The minimum absolute atomic E-state index is 0.244. The normalized spacial score (nSPS) is 10.4. The Morgan fingerprint density at radius 1 is 1.08 bits per heavy atom. The largest absolute Gasteiger partial charge is 0.486 e. The molecule has 0 aliphatic carbocycles. The van der Waals surface area contributed by atoms with Crippen LogP contribution in [0.15, 0.2) is 65.3 Å². The van der Waals surface area contributed by atoms with Crippen molar-refractivity contribution < 1.29 is 13.9 Å². The number of ether oxygens (including phenoxy) is 1. The number of nitrogens with zero attached hydrogens (tertiary/aromatic N) is 1. The maximum atomic E-state index is 12.1. The van der Waals surface area contributed by atoms with Crippen LogP contribution in [0.4, 0.5) is 5.69 Å². The summed E-state index contributed by atoms with van der Waals surface area (Å²) < 4.78 is 11.3. The lowest BCUT2D eigenvalue weighted by atomic mass is 10.1. The van der Waals surface area contributed by atoms with E-state index in [4.69, 9.17) is 9.15 Å². The van der Waals surface area contributed by atoms with E-state index in [2.05, 4.69) is 29.4 Å². The first-order valence-corrected chi connectivity index (χ1v) is 8.26. The second kappa shape index (κ2) is 8.15. The van der Waals surface area contributed by atoms with Crippen molar-refractivity contribution in [3.8, 4) is 5.75 Å². The van der Waals surface area contributed by atoms with Gasteiger partial charge in [0.05, 0.1) is 0 Å². The van der Waals surface area contributed by atoms with Gasteiger partial charge in [0.2, 0.25) is 0 Å². The van der Waals surface area contributed by atoms with E-state index < -0.39 is 0 Å². The topological polar surface area (TPSA) is 64.4 Å². The van der Waals surface area contributed by atoms with Crippen LogP contribution in [-0.4, -0.2) is 10.9 Å². The van der Waals surface area contributed by atoms with E-state index in [-0.39, 0.29) is 18.3 Å². The Balaban J connectivity index is 1.55. The second-order valence-corrected chi connectivity index (χ2v) is 5.64. The van der Waals surface area contributed by atoms with E-state index in [9.17, 15) is 4.79 Å². The van der Waals surface area contributed by atoms with Gasteiger partial charge in [0.25, 0.3) is 5.91 Å². The zero-order chi connectivity index (χ0) is 17.5. The van der Waals surface area contributed by atoms with Gasteiger partial charge in [0.1, 0.15) is 18.1 Å². The number of furan rings is 1. The second-order valence-electron chi connectivity index (χ2n) is 5.64. The number of amides is 1. The molecule has 0 bridgehead atoms. The standard InChI is InChI=1S/C20H20N2O3/c1-2-3-15-4-6-17(7-5-15)24-14-18-8-9-19(25-18)20(23)22-16-10-12-21-13-11-16/h4-13H,2-3,14H2,1H3,(H,21,22,23). The number of pyridine rings is 1. The van der Waals surface area contributed by atoms with E-state index >= 15 is 0 Å². The molecule has 3 rings (SSSR count). The fraction of sp³-hybridized carbons (Fsp3) is 0.200. The third-order valence-corrected chi connectivity index (χ3v) is 3.67. The fourth-order valence-corrected chi connectivity index (χ4v) is 2.40. The summed E-state index contributed by atoms with van der Waals surface area (Å²) in [5, 5.41) is 2.75. The molecular formula is C20H20N2O3. The molecule has 3 aromatic rings. The van der Waals surface area contributed by atoms with Gasteiger partial charge in [0.15, 0.2) is 5.76 Å². The van der Waals surface area contributed by atoms with Gasteiger partial charge < -0.3 is 14.5 Å². The van der Waals surface area contributed by atoms with Crippen LogP contribution in [0.5, 0.6) is 5.75 Å². The van der Waals surface area contributed by atoms with Crippen molar-refractivity contribution in [1.29, 1.82) is 0 Å². The summed E-state index contributed by atoms with van der Waals surface area (Å²) in [6.45, 7) is 2.43. The Morgan fingerprint density at radius 3 is 2.56 bits per heavy atom. The predicted octanol–water partition coefficient (Wildman–Crippen LogP) is 4.46. The zero-order valence-electron chi connectivity index (χ0n) is 14.1. The number of rotatable bonds is 7. The summed E-state index contributed by atoms with van der Waals surface area (Å²) >= 11 is 0. The molecule has 0 aliphatic rings. The summed E-state index contributed by atoms with van der Waals surface area (Å²) in [6.07, 6.45) is 5.41. The summed E-state index contributed by atoms with van der Waals surface area (Å²) in [6, 6.07) is 14.8. The van der Waals surface area contributed by atoms with Gasteiger partial charge in [0, 0.05) is 18.1 Å². The van der Waals surface area contributed by atoms with Gasteiger partial charge in [-0.2, -0.15) is 0 Å². The molecular weight excluding hydrogens is 316 g/mol. The first-order chi connectivity index (χ1) is 12.2. The summed E-state index contributed by atoms with van der Waals surface area (Å²) in [5.74, 6) is 1.31. The Hall–Kier alpha value is -3.08. The minimum atomic E-state index is -0.304. The van der Waals surface area contributed by atoms with Gasteiger partial charge in [-0.3, -0.25) is 9.78 Å². The number of aryl methyl sites for hydroxylation is 1. The third kappa shape index (κ3) is 4.70. The number of carbonyl (C=O) groups excluding carboxylic acids is 1. The van der Waals surface area contributed by atoms with Crippen molar-refractivity contribution in [1.82, 2.24) is 4.98 Å². The first-order valence-electron chi connectivity index (χ1n) is 8.26. The van der Waals surface area contributed by atoms with E-state index in [1.54, 1.807) is 36.7 Å². The molecule has 1 amide bonds. The number of carbonyl (C=O) groups is 1. The Kier molecular flexibility index (Phi) is 5.46. The van der Waals surface area contributed by atoms with Crippen molar-refractivity contribution in [2.45, 2.75) is 26.4 Å². The van der Waals surface area contributed by atoms with Crippen LogP contribution in [0.3, 0.4) is 0 Å². The highest BCUT2D eigenvalue weighted by Gasteiger charge is 2.11. The highest BCUT2D eigenvalue weighted by atomic mass is 16.5. The Labute approximate surface area is 146 Å². The smallest absolute Gasteiger partial charge is 0.291 e. The molecule has 0 radical (unpaired) electrons. The van der Waals surface area contributed by atoms with Crippen molar-refractivity contribution >= 4 is 11.6 Å². The quantitative estimate of drug-likeness (QED) is 0.692. The van der Waals surface area contributed by atoms with E-state index in [1.165, 1.54) is 5.56 Å². The van der Waals surface area contributed by atoms with Crippen molar-refractivity contribution in [2.75, 3.05) is 5.32 Å². The molecule has 0 fully saturated rings. The molecule has 0 saturated carbocycles. The molecule has 25 heavy (non-hydrogen) atoms. The molecule has 2 aromatic heterocycles. The van der Waals surface area contributed by atoms with Crippen LogP contribution in [0, 0.1) is 0 Å². The number of hydrogen-bond acceptors (Lipinski definition) is 4. The lowest BCUT2D eigenvalue weighted by Gasteiger charge is -2.05. The monoisotopic (exact) mass is 336 g/mol. The maximum Gasteiger partial charge on any atom is 0.291 e.